The number of esters is 2. The van der Waals surface area contributed by atoms with Crippen LogP contribution in [0.2, 0.25) is 0 Å². The molecule has 0 aliphatic rings. The molecule has 0 aromatic carbocycles. The van der Waals surface area contributed by atoms with Gasteiger partial charge in [-0.25, -0.2) is 0 Å². The first-order valence-electron chi connectivity index (χ1n) is 6.87. The average molecular weight is 416 g/mol. The van der Waals surface area contributed by atoms with Gasteiger partial charge in [-0.15, -0.1) is 0 Å². The number of alkyl halides is 2. The molecule has 0 bridgehead atoms. The summed E-state index contributed by atoms with van der Waals surface area (Å²) in [5.74, 6) is 0.0383. The van der Waals surface area contributed by atoms with Gasteiger partial charge in [0.05, 0.1) is 13.2 Å². The highest BCUT2D eigenvalue weighted by Gasteiger charge is 2.32. The number of hydrogen-bond acceptors (Lipinski definition) is 4. The molecule has 0 N–H and O–H groups in total. The lowest BCUT2D eigenvalue weighted by Crippen LogP contribution is -2.34. The van der Waals surface area contributed by atoms with Crippen molar-refractivity contribution in [2.24, 2.45) is 11.8 Å². The first-order chi connectivity index (χ1) is 9.25. The second-order valence-corrected chi connectivity index (χ2v) is 7.48. The quantitative estimate of drug-likeness (QED) is 0.425. The molecule has 0 heterocycles. The topological polar surface area (TPSA) is 52.6 Å². The Morgan fingerprint density at radius 1 is 0.800 bits per heavy atom. The van der Waals surface area contributed by atoms with Crippen LogP contribution in [0, 0.1) is 11.8 Å². The highest BCUT2D eigenvalue weighted by molar-refractivity contribution is 9.12. The minimum Gasteiger partial charge on any atom is -0.465 e. The Morgan fingerprint density at radius 3 is 1.35 bits per heavy atom. The van der Waals surface area contributed by atoms with Gasteiger partial charge in [-0.1, -0.05) is 59.6 Å². The van der Waals surface area contributed by atoms with Crippen LogP contribution in [0.3, 0.4) is 0 Å². The standard InChI is InChI=1S/C14H24Br2O4/c1-9(2)5-7-19-13(17)11(15)12(16)14(18)20-8-6-10(3)4/h9-12H,5-8H2,1-4H3/t11-,12-/m1/s1. The van der Waals surface area contributed by atoms with E-state index in [1.54, 1.807) is 0 Å². The van der Waals surface area contributed by atoms with Crippen LogP contribution >= 0.6 is 31.9 Å². The highest BCUT2D eigenvalue weighted by atomic mass is 79.9. The zero-order valence-electron chi connectivity index (χ0n) is 12.5. The van der Waals surface area contributed by atoms with Gasteiger partial charge in [-0.2, -0.15) is 0 Å². The Hall–Kier alpha value is -0.100. The van der Waals surface area contributed by atoms with Crippen LogP contribution in [0.4, 0.5) is 0 Å². The largest absolute Gasteiger partial charge is 0.465 e. The first kappa shape index (κ1) is 19.9. The van der Waals surface area contributed by atoms with Crippen molar-refractivity contribution in [2.75, 3.05) is 13.2 Å². The van der Waals surface area contributed by atoms with Gasteiger partial charge in [0.15, 0.2) is 0 Å². The molecule has 20 heavy (non-hydrogen) atoms. The number of halogens is 2. The van der Waals surface area contributed by atoms with Gasteiger partial charge in [0.1, 0.15) is 9.65 Å². The fourth-order valence-corrected chi connectivity index (χ4v) is 1.88. The van der Waals surface area contributed by atoms with Gasteiger partial charge in [-0.05, 0) is 24.7 Å². The Labute approximate surface area is 138 Å². The van der Waals surface area contributed by atoms with Crippen LogP contribution in [0.5, 0.6) is 0 Å². The van der Waals surface area contributed by atoms with Gasteiger partial charge < -0.3 is 9.47 Å². The van der Waals surface area contributed by atoms with Crippen LogP contribution in [-0.2, 0) is 19.1 Å². The third kappa shape index (κ3) is 8.95. The van der Waals surface area contributed by atoms with Gasteiger partial charge in [0, 0.05) is 0 Å². The Bertz CT molecular complexity index is 276. The molecule has 6 heteroatoms. The van der Waals surface area contributed by atoms with Crippen LogP contribution in [0.1, 0.15) is 40.5 Å². The molecule has 0 aliphatic heterocycles. The predicted molar refractivity (Wildman–Crippen MR) is 86.3 cm³/mol. The number of ether oxygens (including phenoxy) is 2. The maximum Gasteiger partial charge on any atom is 0.321 e. The first-order valence-corrected chi connectivity index (χ1v) is 8.70. The molecule has 0 unspecified atom stereocenters. The number of rotatable bonds is 9. The van der Waals surface area contributed by atoms with Crippen molar-refractivity contribution >= 4 is 43.8 Å². The van der Waals surface area contributed by atoms with E-state index in [-0.39, 0.29) is 0 Å². The molecule has 4 nitrogen and oxygen atoms in total. The molecule has 118 valence electrons. The molecule has 0 saturated heterocycles. The van der Waals surface area contributed by atoms with Crippen molar-refractivity contribution in [3.63, 3.8) is 0 Å². The fourth-order valence-electron chi connectivity index (χ4n) is 1.19. The summed E-state index contributed by atoms with van der Waals surface area (Å²) in [4.78, 5) is 22.0. The summed E-state index contributed by atoms with van der Waals surface area (Å²) in [6.07, 6.45) is 1.61. The van der Waals surface area contributed by atoms with E-state index in [1.807, 2.05) is 0 Å². The van der Waals surface area contributed by atoms with Crippen molar-refractivity contribution in [1.29, 1.82) is 0 Å². The van der Waals surface area contributed by atoms with Crippen molar-refractivity contribution in [1.82, 2.24) is 0 Å². The minimum atomic E-state index is -0.735. The second kappa shape index (κ2) is 10.6. The fraction of sp³-hybridized carbons (Fsp3) is 0.857. The summed E-state index contributed by atoms with van der Waals surface area (Å²) < 4.78 is 10.2. The third-order valence-electron chi connectivity index (χ3n) is 2.59. The predicted octanol–water partition coefficient (Wildman–Crippen LogP) is 3.69. The van der Waals surface area contributed by atoms with Crippen LogP contribution in [0.15, 0.2) is 0 Å². The lowest BCUT2D eigenvalue weighted by Gasteiger charge is -2.16. The van der Waals surface area contributed by atoms with Gasteiger partial charge in [0.2, 0.25) is 0 Å². The zero-order chi connectivity index (χ0) is 15.7. The minimum absolute atomic E-state index is 0.362. The molecule has 0 aromatic rings. The van der Waals surface area contributed by atoms with E-state index >= 15 is 0 Å². The van der Waals surface area contributed by atoms with E-state index < -0.39 is 21.6 Å². The molecule has 0 fully saturated rings. The lowest BCUT2D eigenvalue weighted by molar-refractivity contribution is -0.149. The van der Waals surface area contributed by atoms with Crippen molar-refractivity contribution in [2.45, 2.75) is 50.2 Å². The van der Waals surface area contributed by atoms with Crippen molar-refractivity contribution < 1.29 is 19.1 Å². The van der Waals surface area contributed by atoms with E-state index in [0.717, 1.165) is 12.8 Å². The maximum absolute atomic E-state index is 11.7. The van der Waals surface area contributed by atoms with Crippen LogP contribution < -0.4 is 0 Å². The monoisotopic (exact) mass is 414 g/mol. The molecular weight excluding hydrogens is 392 g/mol. The maximum atomic E-state index is 11.7. The lowest BCUT2D eigenvalue weighted by atomic mass is 10.1. The third-order valence-corrected chi connectivity index (χ3v) is 5.10. The van der Waals surface area contributed by atoms with Crippen LogP contribution in [0.25, 0.3) is 0 Å². The number of carbonyl (C=O) groups excluding carboxylic acids is 2. The molecule has 2 atom stereocenters. The second-order valence-electron chi connectivity index (χ2n) is 5.50. The number of carbonyl (C=O) groups is 2. The molecule has 0 radical (unpaired) electrons. The molecule has 0 spiro atoms. The summed E-state index contributed by atoms with van der Waals surface area (Å²) in [6.45, 7) is 8.94. The van der Waals surface area contributed by atoms with Gasteiger partial charge in [0.25, 0.3) is 0 Å². The highest BCUT2D eigenvalue weighted by Crippen LogP contribution is 2.18. The Balaban J connectivity index is 4.07. The van der Waals surface area contributed by atoms with Gasteiger partial charge in [-0.3, -0.25) is 9.59 Å². The molecule has 0 amide bonds. The molecule has 0 rings (SSSR count). The molecule has 0 aliphatic carbocycles. The zero-order valence-corrected chi connectivity index (χ0v) is 15.7. The summed E-state index contributed by atoms with van der Waals surface area (Å²) in [5.41, 5.74) is 0. The summed E-state index contributed by atoms with van der Waals surface area (Å²) in [7, 11) is 0. The molecule has 0 saturated carbocycles. The van der Waals surface area contributed by atoms with E-state index in [2.05, 4.69) is 59.6 Å². The summed E-state index contributed by atoms with van der Waals surface area (Å²) in [6, 6.07) is 0. The normalized spacial score (nSPS) is 14.2. The smallest absolute Gasteiger partial charge is 0.321 e. The Kier molecular flexibility index (Phi) is 10.5. The average Bonchev–Trinajstić information content (AvgIpc) is 2.35. The molecule has 0 aromatic heterocycles. The SMILES string of the molecule is CC(C)CCOC(=O)[C@H](Br)[C@@H](Br)C(=O)OCCC(C)C. The van der Waals surface area contributed by atoms with Crippen molar-refractivity contribution in [3.8, 4) is 0 Å². The van der Waals surface area contributed by atoms with E-state index in [0.29, 0.717) is 25.0 Å². The van der Waals surface area contributed by atoms with Crippen molar-refractivity contribution in [3.05, 3.63) is 0 Å². The number of hydrogen-bond donors (Lipinski definition) is 0. The Morgan fingerprint density at radius 2 is 1.10 bits per heavy atom. The molecular formula is C14H24Br2O4. The van der Waals surface area contributed by atoms with Crippen LogP contribution in [-0.4, -0.2) is 34.8 Å². The van der Waals surface area contributed by atoms with E-state index in [4.69, 9.17) is 9.47 Å². The van der Waals surface area contributed by atoms with E-state index in [9.17, 15) is 9.59 Å². The summed E-state index contributed by atoms with van der Waals surface area (Å²) >= 11 is 6.35. The summed E-state index contributed by atoms with van der Waals surface area (Å²) in [5, 5.41) is 0. The van der Waals surface area contributed by atoms with Gasteiger partial charge >= 0.3 is 11.9 Å². The van der Waals surface area contributed by atoms with E-state index in [1.165, 1.54) is 0 Å².